The highest BCUT2D eigenvalue weighted by Gasteiger charge is 2.14. The van der Waals surface area contributed by atoms with Gasteiger partial charge in [0.15, 0.2) is 5.76 Å². The lowest BCUT2D eigenvalue weighted by molar-refractivity contribution is 0.0997. The fraction of sp³-hybridized carbons (Fsp3) is 0.0870. The van der Waals surface area contributed by atoms with E-state index in [1.807, 2.05) is 37.3 Å². The molecule has 2 aromatic heterocycles. The van der Waals surface area contributed by atoms with Gasteiger partial charge in [0, 0.05) is 21.8 Å². The van der Waals surface area contributed by atoms with Crippen molar-refractivity contribution >= 4 is 23.2 Å². The second-order valence-electron chi connectivity index (χ2n) is 6.59. The van der Waals surface area contributed by atoms with Crippen LogP contribution in [-0.2, 0) is 6.61 Å². The summed E-state index contributed by atoms with van der Waals surface area (Å²) in [7, 11) is 0. The number of aliphatic hydroxyl groups excluding tert-OH is 1. The van der Waals surface area contributed by atoms with Crippen LogP contribution in [0.25, 0.3) is 22.6 Å². The van der Waals surface area contributed by atoms with E-state index in [0.29, 0.717) is 28.0 Å². The van der Waals surface area contributed by atoms with Crippen molar-refractivity contribution < 1.29 is 18.7 Å². The van der Waals surface area contributed by atoms with E-state index in [0.717, 1.165) is 16.7 Å². The summed E-state index contributed by atoms with van der Waals surface area (Å²) >= 11 is 6.17. The van der Waals surface area contributed by atoms with E-state index >= 15 is 0 Å². The molecule has 2 heterocycles. The molecule has 0 saturated heterocycles. The van der Waals surface area contributed by atoms with Gasteiger partial charge in [0.2, 0.25) is 0 Å². The molecule has 0 fully saturated rings. The van der Waals surface area contributed by atoms with E-state index in [9.17, 15) is 4.79 Å². The molecule has 2 N–H and O–H groups in total. The molecule has 1 amide bonds. The predicted molar refractivity (Wildman–Crippen MR) is 112 cm³/mol. The van der Waals surface area contributed by atoms with Crippen molar-refractivity contribution in [3.05, 3.63) is 88.8 Å². The molecule has 5 nitrogen and oxygen atoms in total. The summed E-state index contributed by atoms with van der Waals surface area (Å²) in [5.74, 6) is 1.50. The zero-order valence-corrected chi connectivity index (χ0v) is 16.4. The van der Waals surface area contributed by atoms with Gasteiger partial charge >= 0.3 is 0 Å². The summed E-state index contributed by atoms with van der Waals surface area (Å²) in [4.78, 5) is 12.6. The molecule has 0 unspecified atom stereocenters. The zero-order chi connectivity index (χ0) is 20.4. The maximum absolute atomic E-state index is 12.6. The van der Waals surface area contributed by atoms with Crippen molar-refractivity contribution in [2.45, 2.75) is 13.5 Å². The van der Waals surface area contributed by atoms with Gasteiger partial charge in [-0.25, -0.2) is 0 Å². The quantitative estimate of drug-likeness (QED) is 0.431. The Morgan fingerprint density at radius 3 is 2.48 bits per heavy atom. The minimum Gasteiger partial charge on any atom is -0.459 e. The number of carbonyl (C=O) groups is 1. The van der Waals surface area contributed by atoms with Crippen molar-refractivity contribution in [1.82, 2.24) is 0 Å². The first-order valence-electron chi connectivity index (χ1n) is 9.01. The van der Waals surface area contributed by atoms with Crippen molar-refractivity contribution in [3.63, 3.8) is 0 Å². The molecule has 4 aromatic rings. The molecule has 0 spiro atoms. The van der Waals surface area contributed by atoms with Crippen molar-refractivity contribution in [2.24, 2.45) is 0 Å². The lowest BCUT2D eigenvalue weighted by atomic mass is 10.1. The topological polar surface area (TPSA) is 75.6 Å². The standard InChI is InChI=1S/C23H18ClNO4/c1-14-5-6-16(12-19(14)24)21-9-10-22(29-21)23(27)25-17-4-2-3-15(11-17)20-8-7-18(13-26)28-20/h2-12,26H,13H2,1H3,(H,25,27). The number of benzene rings is 2. The zero-order valence-electron chi connectivity index (χ0n) is 15.6. The monoisotopic (exact) mass is 407 g/mol. The third kappa shape index (κ3) is 4.11. The maximum Gasteiger partial charge on any atom is 0.291 e. The van der Waals surface area contributed by atoms with E-state index in [2.05, 4.69) is 5.32 Å². The fourth-order valence-corrected chi connectivity index (χ4v) is 3.10. The summed E-state index contributed by atoms with van der Waals surface area (Å²) in [6.07, 6.45) is 0. The predicted octanol–water partition coefficient (Wildman–Crippen LogP) is 5.91. The average Bonchev–Trinajstić information content (AvgIpc) is 3.40. The van der Waals surface area contributed by atoms with Crippen molar-refractivity contribution in [3.8, 4) is 22.6 Å². The van der Waals surface area contributed by atoms with E-state index in [4.69, 9.17) is 25.5 Å². The number of rotatable bonds is 5. The van der Waals surface area contributed by atoms with Crippen LogP contribution in [0, 0.1) is 6.92 Å². The van der Waals surface area contributed by atoms with Gasteiger partial charge < -0.3 is 19.3 Å². The van der Waals surface area contributed by atoms with Gasteiger partial charge in [-0.15, -0.1) is 0 Å². The van der Waals surface area contributed by atoms with Crippen molar-refractivity contribution in [2.75, 3.05) is 5.32 Å². The van der Waals surface area contributed by atoms with Crippen LogP contribution in [-0.4, -0.2) is 11.0 Å². The number of carbonyl (C=O) groups excluding carboxylic acids is 1. The van der Waals surface area contributed by atoms with Gasteiger partial charge in [0.05, 0.1) is 0 Å². The summed E-state index contributed by atoms with van der Waals surface area (Å²) in [5.41, 5.74) is 3.17. The Morgan fingerprint density at radius 2 is 1.72 bits per heavy atom. The second-order valence-corrected chi connectivity index (χ2v) is 6.99. The lowest BCUT2D eigenvalue weighted by Gasteiger charge is -2.05. The van der Waals surface area contributed by atoms with Gasteiger partial charge in [-0.1, -0.05) is 35.9 Å². The van der Waals surface area contributed by atoms with E-state index in [1.54, 1.807) is 36.4 Å². The third-order valence-corrected chi connectivity index (χ3v) is 4.92. The number of amides is 1. The molecule has 0 radical (unpaired) electrons. The first-order valence-corrected chi connectivity index (χ1v) is 9.39. The molecule has 29 heavy (non-hydrogen) atoms. The van der Waals surface area contributed by atoms with Gasteiger partial charge in [0.1, 0.15) is 23.9 Å². The molecule has 146 valence electrons. The van der Waals surface area contributed by atoms with Crippen LogP contribution in [0.3, 0.4) is 0 Å². The number of aliphatic hydroxyl groups is 1. The van der Waals surface area contributed by atoms with Gasteiger partial charge in [0.25, 0.3) is 5.91 Å². The number of furan rings is 2. The van der Waals surface area contributed by atoms with Crippen LogP contribution in [0.15, 0.2) is 75.6 Å². The number of anilines is 1. The van der Waals surface area contributed by atoms with Crippen LogP contribution < -0.4 is 5.32 Å². The molecule has 2 aromatic carbocycles. The smallest absolute Gasteiger partial charge is 0.291 e. The van der Waals surface area contributed by atoms with Crippen LogP contribution in [0.5, 0.6) is 0 Å². The highest BCUT2D eigenvalue weighted by Crippen LogP contribution is 2.28. The molecule has 4 rings (SSSR count). The van der Waals surface area contributed by atoms with Crippen LogP contribution in [0.2, 0.25) is 5.02 Å². The van der Waals surface area contributed by atoms with Crippen LogP contribution in [0.1, 0.15) is 21.9 Å². The molecule has 0 aliphatic heterocycles. The number of nitrogens with one attached hydrogen (secondary N) is 1. The minimum absolute atomic E-state index is 0.163. The summed E-state index contributed by atoms with van der Waals surface area (Å²) in [6, 6.07) is 19.7. The Bertz CT molecular complexity index is 1180. The number of aryl methyl sites for hydroxylation is 1. The Balaban J connectivity index is 1.52. The van der Waals surface area contributed by atoms with Crippen LogP contribution in [0.4, 0.5) is 5.69 Å². The Hall–Kier alpha value is -3.28. The van der Waals surface area contributed by atoms with Crippen molar-refractivity contribution in [1.29, 1.82) is 0 Å². The molecule has 0 saturated carbocycles. The fourth-order valence-electron chi connectivity index (χ4n) is 2.92. The maximum atomic E-state index is 12.6. The third-order valence-electron chi connectivity index (χ3n) is 4.51. The van der Waals surface area contributed by atoms with Gasteiger partial charge in [-0.3, -0.25) is 4.79 Å². The summed E-state index contributed by atoms with van der Waals surface area (Å²) in [6.45, 7) is 1.76. The first kappa shape index (κ1) is 19.1. The SMILES string of the molecule is Cc1ccc(-c2ccc(C(=O)Nc3cccc(-c4ccc(CO)o4)c3)o2)cc1Cl. The highest BCUT2D eigenvalue weighted by atomic mass is 35.5. The summed E-state index contributed by atoms with van der Waals surface area (Å²) < 4.78 is 11.3. The Morgan fingerprint density at radius 1 is 0.966 bits per heavy atom. The molecule has 0 aliphatic rings. The van der Waals surface area contributed by atoms with E-state index < -0.39 is 0 Å². The second kappa shape index (κ2) is 7.99. The lowest BCUT2D eigenvalue weighted by Crippen LogP contribution is -2.10. The molecule has 0 bridgehead atoms. The largest absolute Gasteiger partial charge is 0.459 e. The van der Waals surface area contributed by atoms with E-state index in [1.165, 1.54) is 0 Å². The van der Waals surface area contributed by atoms with E-state index in [-0.39, 0.29) is 18.3 Å². The molecule has 0 atom stereocenters. The Kier molecular flexibility index (Phi) is 5.25. The molecule has 6 heteroatoms. The van der Waals surface area contributed by atoms with Gasteiger partial charge in [-0.2, -0.15) is 0 Å². The molecular formula is C23H18ClNO4. The average molecular weight is 408 g/mol. The number of hydrogen-bond acceptors (Lipinski definition) is 4. The first-order chi connectivity index (χ1) is 14.0. The Labute approximate surface area is 172 Å². The highest BCUT2D eigenvalue weighted by molar-refractivity contribution is 6.31. The number of halogens is 1. The summed E-state index contributed by atoms with van der Waals surface area (Å²) in [5, 5.41) is 12.6. The minimum atomic E-state index is -0.359. The molecule has 0 aliphatic carbocycles. The normalized spacial score (nSPS) is 10.9. The molecular weight excluding hydrogens is 390 g/mol. The van der Waals surface area contributed by atoms with Crippen LogP contribution >= 0.6 is 11.6 Å². The van der Waals surface area contributed by atoms with Gasteiger partial charge in [-0.05, 0) is 55.0 Å². The number of hydrogen-bond donors (Lipinski definition) is 2.